The van der Waals surface area contributed by atoms with Crippen LogP contribution in [0.2, 0.25) is 5.02 Å². The highest BCUT2D eigenvalue weighted by Gasteiger charge is 1.96. The molecular formula is C5H4Cl2N2. The van der Waals surface area contributed by atoms with Crippen molar-refractivity contribution in [1.82, 2.24) is 10.2 Å². The molecule has 0 fully saturated rings. The van der Waals surface area contributed by atoms with Crippen molar-refractivity contribution in [2.75, 3.05) is 0 Å². The molecule has 0 atom stereocenters. The Balaban J connectivity index is 3.01. The molecule has 1 heterocycles. The van der Waals surface area contributed by atoms with Gasteiger partial charge in [-0.05, 0) is 6.07 Å². The van der Waals surface area contributed by atoms with Crippen LogP contribution >= 0.6 is 23.2 Å². The number of aromatic nitrogens is 2. The maximum Gasteiger partial charge on any atom is 0.0964 e. The van der Waals surface area contributed by atoms with Gasteiger partial charge in [0.25, 0.3) is 0 Å². The predicted octanol–water partition coefficient (Wildman–Crippen LogP) is 1.87. The van der Waals surface area contributed by atoms with Crippen molar-refractivity contribution in [2.45, 2.75) is 5.88 Å². The Labute approximate surface area is 62.8 Å². The standard InChI is InChI=1S/C5H4Cl2N2/c6-3-5-4(7)1-2-8-9-5/h1-2H,3H2. The molecule has 0 N–H and O–H groups in total. The molecule has 0 aliphatic carbocycles. The summed E-state index contributed by atoms with van der Waals surface area (Å²) in [5.41, 5.74) is 0.626. The van der Waals surface area contributed by atoms with Crippen LogP contribution < -0.4 is 0 Å². The highest BCUT2D eigenvalue weighted by molar-refractivity contribution is 6.31. The van der Waals surface area contributed by atoms with Crippen molar-refractivity contribution in [3.8, 4) is 0 Å². The van der Waals surface area contributed by atoms with Gasteiger partial charge in [0, 0.05) is 0 Å². The SMILES string of the molecule is ClCc1nnccc1Cl. The minimum absolute atomic E-state index is 0.312. The van der Waals surface area contributed by atoms with Gasteiger partial charge in [-0.15, -0.1) is 11.6 Å². The predicted molar refractivity (Wildman–Crippen MR) is 36.6 cm³/mol. The zero-order valence-corrected chi connectivity index (χ0v) is 6.02. The minimum atomic E-state index is 0.312. The molecular weight excluding hydrogens is 159 g/mol. The van der Waals surface area contributed by atoms with Gasteiger partial charge in [-0.1, -0.05) is 11.6 Å². The van der Waals surface area contributed by atoms with E-state index in [2.05, 4.69) is 10.2 Å². The highest BCUT2D eigenvalue weighted by Crippen LogP contribution is 2.12. The molecule has 1 aromatic rings. The molecule has 0 saturated heterocycles. The van der Waals surface area contributed by atoms with E-state index in [-0.39, 0.29) is 0 Å². The topological polar surface area (TPSA) is 25.8 Å². The number of alkyl halides is 1. The smallest absolute Gasteiger partial charge is 0.0964 e. The summed E-state index contributed by atoms with van der Waals surface area (Å²) in [4.78, 5) is 0. The van der Waals surface area contributed by atoms with Crippen LogP contribution in [0.5, 0.6) is 0 Å². The largest absolute Gasteiger partial charge is 0.159 e. The summed E-state index contributed by atoms with van der Waals surface area (Å²) >= 11 is 11.1. The van der Waals surface area contributed by atoms with Gasteiger partial charge in [0.15, 0.2) is 0 Å². The van der Waals surface area contributed by atoms with Gasteiger partial charge in [0.2, 0.25) is 0 Å². The second-order valence-corrected chi connectivity index (χ2v) is 2.13. The van der Waals surface area contributed by atoms with E-state index < -0.39 is 0 Å². The summed E-state index contributed by atoms with van der Waals surface area (Å²) in [5.74, 6) is 0.312. The first kappa shape index (κ1) is 6.78. The van der Waals surface area contributed by atoms with E-state index in [1.54, 1.807) is 6.07 Å². The number of nitrogens with zero attached hydrogens (tertiary/aromatic N) is 2. The summed E-state index contributed by atoms with van der Waals surface area (Å²) in [6.45, 7) is 0. The molecule has 2 nitrogen and oxygen atoms in total. The van der Waals surface area contributed by atoms with E-state index in [1.165, 1.54) is 6.20 Å². The quantitative estimate of drug-likeness (QED) is 0.590. The monoisotopic (exact) mass is 162 g/mol. The van der Waals surface area contributed by atoms with Crippen LogP contribution in [0.25, 0.3) is 0 Å². The number of halogens is 2. The maximum absolute atomic E-state index is 5.64. The molecule has 48 valence electrons. The zero-order valence-electron chi connectivity index (χ0n) is 4.51. The van der Waals surface area contributed by atoms with Crippen molar-refractivity contribution >= 4 is 23.2 Å². The molecule has 4 heteroatoms. The lowest BCUT2D eigenvalue weighted by Gasteiger charge is -1.92. The number of rotatable bonds is 1. The van der Waals surface area contributed by atoms with E-state index in [4.69, 9.17) is 23.2 Å². The van der Waals surface area contributed by atoms with Gasteiger partial charge in [-0.3, -0.25) is 0 Å². The van der Waals surface area contributed by atoms with Gasteiger partial charge in [0.05, 0.1) is 22.8 Å². The van der Waals surface area contributed by atoms with Gasteiger partial charge < -0.3 is 0 Å². The van der Waals surface area contributed by atoms with E-state index in [9.17, 15) is 0 Å². The molecule has 0 spiro atoms. The Morgan fingerprint density at radius 3 is 2.78 bits per heavy atom. The molecule has 9 heavy (non-hydrogen) atoms. The summed E-state index contributed by atoms with van der Waals surface area (Å²) in [7, 11) is 0. The van der Waals surface area contributed by atoms with Gasteiger partial charge in [-0.2, -0.15) is 10.2 Å². The summed E-state index contributed by atoms with van der Waals surface area (Å²) < 4.78 is 0. The van der Waals surface area contributed by atoms with E-state index in [1.807, 2.05) is 0 Å². The lowest BCUT2D eigenvalue weighted by atomic mass is 10.4. The summed E-state index contributed by atoms with van der Waals surface area (Å²) in [6, 6.07) is 1.66. The Hall–Kier alpha value is -0.340. The van der Waals surface area contributed by atoms with Crippen molar-refractivity contribution < 1.29 is 0 Å². The lowest BCUT2D eigenvalue weighted by Crippen LogP contribution is -1.87. The molecule has 0 unspecified atom stereocenters. The molecule has 0 saturated carbocycles. The van der Waals surface area contributed by atoms with E-state index >= 15 is 0 Å². The third-order valence-electron chi connectivity index (χ3n) is 0.868. The van der Waals surface area contributed by atoms with Crippen LogP contribution in [-0.4, -0.2) is 10.2 Å². The minimum Gasteiger partial charge on any atom is -0.159 e. The molecule has 0 aliphatic rings. The third kappa shape index (κ3) is 1.53. The average Bonchev–Trinajstić information content (AvgIpc) is 1.89. The van der Waals surface area contributed by atoms with Gasteiger partial charge in [0.1, 0.15) is 0 Å². The zero-order chi connectivity index (χ0) is 6.69. The number of hydrogen-bond acceptors (Lipinski definition) is 2. The van der Waals surface area contributed by atoms with Crippen LogP contribution in [0.3, 0.4) is 0 Å². The van der Waals surface area contributed by atoms with Crippen LogP contribution in [0, 0.1) is 0 Å². The summed E-state index contributed by atoms with van der Waals surface area (Å²) in [5, 5.41) is 7.85. The molecule has 0 aliphatic heterocycles. The average molecular weight is 163 g/mol. The fraction of sp³-hybridized carbons (Fsp3) is 0.200. The Kier molecular flexibility index (Phi) is 2.25. The van der Waals surface area contributed by atoms with Crippen LogP contribution in [0.1, 0.15) is 5.69 Å². The first-order chi connectivity index (χ1) is 4.34. The van der Waals surface area contributed by atoms with Crippen LogP contribution in [0.4, 0.5) is 0 Å². The third-order valence-corrected chi connectivity index (χ3v) is 1.47. The molecule has 0 bridgehead atoms. The van der Waals surface area contributed by atoms with Crippen LogP contribution in [0.15, 0.2) is 12.3 Å². The van der Waals surface area contributed by atoms with Crippen molar-refractivity contribution in [1.29, 1.82) is 0 Å². The Bertz CT molecular complexity index is 202. The normalized spacial score (nSPS) is 9.56. The van der Waals surface area contributed by atoms with E-state index in [0.29, 0.717) is 16.6 Å². The fourth-order valence-corrected chi connectivity index (χ4v) is 0.863. The van der Waals surface area contributed by atoms with Gasteiger partial charge >= 0.3 is 0 Å². The summed E-state index contributed by atoms with van der Waals surface area (Å²) in [6.07, 6.45) is 1.53. The van der Waals surface area contributed by atoms with E-state index in [0.717, 1.165) is 0 Å². The number of hydrogen-bond donors (Lipinski definition) is 0. The molecule has 0 amide bonds. The first-order valence-electron chi connectivity index (χ1n) is 2.36. The molecule has 1 rings (SSSR count). The lowest BCUT2D eigenvalue weighted by molar-refractivity contribution is 0.969. The highest BCUT2D eigenvalue weighted by atomic mass is 35.5. The first-order valence-corrected chi connectivity index (χ1v) is 3.28. The second-order valence-electron chi connectivity index (χ2n) is 1.46. The second kappa shape index (κ2) is 2.99. The fourth-order valence-electron chi connectivity index (χ4n) is 0.436. The molecule has 0 aromatic carbocycles. The molecule has 0 radical (unpaired) electrons. The van der Waals surface area contributed by atoms with Crippen LogP contribution in [-0.2, 0) is 5.88 Å². The maximum atomic E-state index is 5.64. The van der Waals surface area contributed by atoms with Gasteiger partial charge in [-0.25, -0.2) is 0 Å². The van der Waals surface area contributed by atoms with Crippen molar-refractivity contribution in [2.24, 2.45) is 0 Å². The Morgan fingerprint density at radius 1 is 1.56 bits per heavy atom. The Morgan fingerprint density at radius 2 is 2.33 bits per heavy atom. The van der Waals surface area contributed by atoms with Crippen molar-refractivity contribution in [3.05, 3.63) is 23.0 Å². The van der Waals surface area contributed by atoms with Crippen molar-refractivity contribution in [3.63, 3.8) is 0 Å². The molecule has 1 aromatic heterocycles.